The number of amides is 1. The molecule has 1 aliphatic heterocycles. The summed E-state index contributed by atoms with van der Waals surface area (Å²) in [6, 6.07) is 5.87. The third kappa shape index (κ3) is 4.03. The summed E-state index contributed by atoms with van der Waals surface area (Å²) in [7, 11) is 0. The molecule has 1 fully saturated rings. The van der Waals surface area contributed by atoms with Crippen molar-refractivity contribution in [2.75, 3.05) is 18.1 Å². The predicted octanol–water partition coefficient (Wildman–Crippen LogP) is 1.96. The number of carbonyl (C=O) groups is 1. The third-order valence-electron chi connectivity index (χ3n) is 3.28. The Morgan fingerprint density at radius 3 is 2.90 bits per heavy atom. The molecule has 106 valence electrons. The minimum atomic E-state index is -0.200. The molecule has 4 heteroatoms. The van der Waals surface area contributed by atoms with Crippen LogP contribution in [0.15, 0.2) is 18.2 Å². The first kappa shape index (κ1) is 15.0. The van der Waals surface area contributed by atoms with Gasteiger partial charge in [-0.2, -0.15) is 11.8 Å². The van der Waals surface area contributed by atoms with Gasteiger partial charge in [0.15, 0.2) is 0 Å². The van der Waals surface area contributed by atoms with Gasteiger partial charge >= 0.3 is 0 Å². The molecular weight excluding hydrogens is 270 g/mol. The van der Waals surface area contributed by atoms with E-state index in [0.717, 1.165) is 29.9 Å². The second-order valence-electron chi connectivity index (χ2n) is 4.87. The quantitative estimate of drug-likeness (QED) is 0.818. The van der Waals surface area contributed by atoms with Crippen molar-refractivity contribution in [2.24, 2.45) is 0 Å². The van der Waals surface area contributed by atoms with Crippen LogP contribution >= 0.6 is 11.8 Å². The molecule has 0 spiro atoms. The Bertz CT molecular complexity index is 539. The molecule has 0 saturated carbocycles. The van der Waals surface area contributed by atoms with Crippen LogP contribution < -0.4 is 5.32 Å². The number of nitrogens with one attached hydrogen (secondary N) is 1. The number of carbonyl (C=O) groups excluding carboxylic acids is 1. The van der Waals surface area contributed by atoms with E-state index in [1.54, 1.807) is 0 Å². The van der Waals surface area contributed by atoms with Crippen LogP contribution in [-0.2, 0) is 0 Å². The smallest absolute Gasteiger partial charge is 0.252 e. The number of hydrogen-bond donors (Lipinski definition) is 2. The number of thioether (sulfide) groups is 1. The van der Waals surface area contributed by atoms with Gasteiger partial charge in [0.1, 0.15) is 6.61 Å². The van der Waals surface area contributed by atoms with Crippen molar-refractivity contribution >= 4 is 17.7 Å². The summed E-state index contributed by atoms with van der Waals surface area (Å²) in [5, 5.41) is 11.9. The summed E-state index contributed by atoms with van der Waals surface area (Å²) < 4.78 is 0. The van der Waals surface area contributed by atoms with Gasteiger partial charge in [-0.15, -0.1) is 0 Å². The van der Waals surface area contributed by atoms with Crippen LogP contribution in [0, 0.1) is 18.8 Å². The van der Waals surface area contributed by atoms with E-state index in [0.29, 0.717) is 11.1 Å². The second-order valence-corrected chi connectivity index (χ2v) is 6.09. The van der Waals surface area contributed by atoms with Crippen LogP contribution in [0.5, 0.6) is 0 Å². The van der Waals surface area contributed by atoms with Gasteiger partial charge in [0.2, 0.25) is 0 Å². The maximum Gasteiger partial charge on any atom is 0.252 e. The summed E-state index contributed by atoms with van der Waals surface area (Å²) in [4.78, 5) is 12.4. The first-order valence-electron chi connectivity index (χ1n) is 6.79. The van der Waals surface area contributed by atoms with Crippen LogP contribution in [0.2, 0.25) is 0 Å². The molecule has 1 aromatic carbocycles. The maximum atomic E-state index is 12.4. The Kier molecular flexibility index (Phi) is 5.51. The van der Waals surface area contributed by atoms with Crippen molar-refractivity contribution in [3.63, 3.8) is 0 Å². The van der Waals surface area contributed by atoms with Gasteiger partial charge in [0.25, 0.3) is 5.91 Å². The van der Waals surface area contributed by atoms with Crippen LogP contribution in [0.25, 0.3) is 0 Å². The van der Waals surface area contributed by atoms with Gasteiger partial charge in [0.05, 0.1) is 5.56 Å². The largest absolute Gasteiger partial charge is 0.384 e. The minimum Gasteiger partial charge on any atom is -0.384 e. The summed E-state index contributed by atoms with van der Waals surface area (Å²) in [6.45, 7) is 1.76. The second kappa shape index (κ2) is 7.37. The van der Waals surface area contributed by atoms with Crippen molar-refractivity contribution in [1.82, 2.24) is 5.32 Å². The molecule has 3 nitrogen and oxygen atoms in total. The zero-order chi connectivity index (χ0) is 14.4. The lowest BCUT2D eigenvalue weighted by Gasteiger charge is -2.22. The molecule has 1 aromatic rings. The molecule has 1 amide bonds. The number of aliphatic hydroxyl groups is 1. The molecule has 1 saturated heterocycles. The van der Waals surface area contributed by atoms with E-state index < -0.39 is 0 Å². The van der Waals surface area contributed by atoms with Crippen LogP contribution in [-0.4, -0.2) is 35.2 Å². The van der Waals surface area contributed by atoms with Crippen LogP contribution in [0.1, 0.15) is 34.3 Å². The maximum absolute atomic E-state index is 12.4. The van der Waals surface area contributed by atoms with Gasteiger partial charge in [-0.25, -0.2) is 0 Å². The molecule has 20 heavy (non-hydrogen) atoms. The Labute approximate surface area is 124 Å². The standard InChI is InChI=1S/C16H19NO2S/c1-12-4-5-15(13(11-12)3-2-8-18)16(19)17-14-6-9-20-10-7-14/h4-5,11,14,18H,6-10H2,1H3,(H,17,19). The monoisotopic (exact) mass is 289 g/mol. The fourth-order valence-corrected chi connectivity index (χ4v) is 3.31. The van der Waals surface area contributed by atoms with Crippen molar-refractivity contribution < 1.29 is 9.90 Å². The van der Waals surface area contributed by atoms with E-state index in [1.807, 2.05) is 36.9 Å². The van der Waals surface area contributed by atoms with Crippen molar-refractivity contribution in [3.05, 3.63) is 34.9 Å². The molecule has 1 aliphatic rings. The molecule has 0 bridgehead atoms. The van der Waals surface area contributed by atoms with Crippen LogP contribution in [0.3, 0.4) is 0 Å². The van der Waals surface area contributed by atoms with Gasteiger partial charge < -0.3 is 10.4 Å². The number of hydrogen-bond acceptors (Lipinski definition) is 3. The lowest BCUT2D eigenvalue weighted by molar-refractivity contribution is 0.0934. The predicted molar refractivity (Wildman–Crippen MR) is 83.0 cm³/mol. The van der Waals surface area contributed by atoms with Gasteiger partial charge in [-0.1, -0.05) is 17.9 Å². The van der Waals surface area contributed by atoms with Gasteiger partial charge in [0, 0.05) is 11.6 Å². The molecular formula is C16H19NO2S. The third-order valence-corrected chi connectivity index (χ3v) is 4.33. The SMILES string of the molecule is Cc1ccc(C(=O)NC2CCSCC2)c(C#CCO)c1. The normalized spacial score (nSPS) is 15.3. The molecule has 2 N–H and O–H groups in total. The summed E-state index contributed by atoms with van der Waals surface area (Å²) in [6.07, 6.45) is 2.06. The zero-order valence-corrected chi connectivity index (χ0v) is 12.4. The Morgan fingerprint density at radius 2 is 2.20 bits per heavy atom. The first-order chi connectivity index (χ1) is 9.70. The molecule has 1 heterocycles. The highest BCUT2D eigenvalue weighted by molar-refractivity contribution is 7.99. The average molecular weight is 289 g/mol. The van der Waals surface area contributed by atoms with E-state index >= 15 is 0 Å². The van der Waals surface area contributed by atoms with Crippen molar-refractivity contribution in [1.29, 1.82) is 0 Å². The molecule has 0 aromatic heterocycles. The average Bonchev–Trinajstić information content (AvgIpc) is 2.46. The fraction of sp³-hybridized carbons (Fsp3) is 0.438. The van der Waals surface area contributed by atoms with Crippen molar-refractivity contribution in [3.8, 4) is 11.8 Å². The molecule has 2 rings (SSSR count). The van der Waals surface area contributed by atoms with E-state index in [9.17, 15) is 4.79 Å². The highest BCUT2D eigenvalue weighted by Crippen LogP contribution is 2.18. The lowest BCUT2D eigenvalue weighted by Crippen LogP contribution is -2.37. The fourth-order valence-electron chi connectivity index (χ4n) is 2.20. The topological polar surface area (TPSA) is 49.3 Å². The van der Waals surface area contributed by atoms with Crippen LogP contribution in [0.4, 0.5) is 0 Å². The highest BCUT2D eigenvalue weighted by atomic mass is 32.2. The summed E-state index contributed by atoms with van der Waals surface area (Å²) in [5.41, 5.74) is 2.33. The Morgan fingerprint density at radius 1 is 1.45 bits per heavy atom. The number of benzene rings is 1. The highest BCUT2D eigenvalue weighted by Gasteiger charge is 2.18. The molecule has 0 aliphatic carbocycles. The Balaban J connectivity index is 2.15. The summed E-state index contributed by atoms with van der Waals surface area (Å²) >= 11 is 1.94. The number of aliphatic hydroxyl groups excluding tert-OH is 1. The molecule has 0 radical (unpaired) electrons. The van der Waals surface area contributed by atoms with E-state index in [4.69, 9.17) is 5.11 Å². The van der Waals surface area contributed by atoms with Gasteiger partial charge in [-0.3, -0.25) is 4.79 Å². The van der Waals surface area contributed by atoms with E-state index in [-0.39, 0.29) is 18.6 Å². The number of rotatable bonds is 2. The van der Waals surface area contributed by atoms with Gasteiger partial charge in [-0.05, 0) is 49.0 Å². The minimum absolute atomic E-state index is 0.0656. The van der Waals surface area contributed by atoms with Crippen molar-refractivity contribution in [2.45, 2.75) is 25.8 Å². The molecule has 0 atom stereocenters. The van der Waals surface area contributed by atoms with E-state index in [2.05, 4.69) is 17.2 Å². The zero-order valence-electron chi connectivity index (χ0n) is 11.6. The summed E-state index contributed by atoms with van der Waals surface area (Å²) in [5.74, 6) is 7.62. The first-order valence-corrected chi connectivity index (χ1v) is 7.95. The van der Waals surface area contributed by atoms with E-state index in [1.165, 1.54) is 0 Å². The Hall–Kier alpha value is -1.44. The lowest BCUT2D eigenvalue weighted by atomic mass is 10.0. The molecule has 0 unspecified atom stereocenters. The number of aryl methyl sites for hydroxylation is 1.